The predicted octanol–water partition coefficient (Wildman–Crippen LogP) is 0.840. The molecule has 0 atom stereocenters. The molecule has 0 aliphatic carbocycles. The summed E-state index contributed by atoms with van der Waals surface area (Å²) in [4.78, 5) is 0. The number of rotatable bonds is 1. The molecule has 0 aliphatic heterocycles. The van der Waals surface area contributed by atoms with Crippen LogP contribution in [0.3, 0.4) is 0 Å². The smallest absolute Gasteiger partial charge is 0.140 e. The third-order valence-electron chi connectivity index (χ3n) is 1.32. The number of benzene rings is 1. The summed E-state index contributed by atoms with van der Waals surface area (Å²) in [5, 5.41) is 25.8. The minimum atomic E-state index is -0.576. The van der Waals surface area contributed by atoms with Gasteiger partial charge < -0.3 is 10.4 Å². The van der Waals surface area contributed by atoms with E-state index in [1.807, 2.05) is 0 Å². The highest BCUT2D eigenvalue weighted by atomic mass is 19.1. The second-order valence-electron chi connectivity index (χ2n) is 2.10. The number of nitrogens with two attached hydrogens (primary N) is 1. The lowest BCUT2D eigenvalue weighted by Gasteiger charge is -1.93. The maximum Gasteiger partial charge on any atom is 0.140 e. The van der Waals surface area contributed by atoms with Crippen LogP contribution in [0.2, 0.25) is 0 Å². The molecule has 0 saturated carbocycles. The van der Waals surface area contributed by atoms with Gasteiger partial charge in [0, 0.05) is 0 Å². The van der Waals surface area contributed by atoms with Crippen molar-refractivity contribution in [2.75, 3.05) is 0 Å². The predicted molar refractivity (Wildman–Crippen MR) is 46.5 cm³/mol. The average molecular weight is 197 g/mol. The van der Waals surface area contributed by atoms with Gasteiger partial charge in [0.25, 0.3) is 0 Å². The third kappa shape index (κ3) is 3.18. The van der Waals surface area contributed by atoms with Gasteiger partial charge in [0.05, 0.1) is 11.8 Å². The van der Waals surface area contributed by atoms with Crippen molar-refractivity contribution < 1.29 is 14.8 Å². The van der Waals surface area contributed by atoms with E-state index in [2.05, 4.69) is 11.1 Å². The van der Waals surface area contributed by atoms with E-state index in [1.54, 1.807) is 6.07 Å². The van der Waals surface area contributed by atoms with Crippen molar-refractivity contribution in [1.82, 2.24) is 0 Å². The highest BCUT2D eigenvalue weighted by molar-refractivity contribution is 5.79. The molecule has 0 heterocycles. The number of oxime groups is 1. The molecule has 74 valence electrons. The maximum absolute atomic E-state index is 12.7. The Labute approximate surface area is 79.5 Å². The second kappa shape index (κ2) is 6.54. The molecule has 0 bridgehead atoms. The Morgan fingerprint density at radius 1 is 1.50 bits per heavy atom. The summed E-state index contributed by atoms with van der Waals surface area (Å²) in [5.74, 6) is 2.92. The molecule has 0 radical (unpaired) electrons. The van der Waals surface area contributed by atoms with Crippen LogP contribution in [0, 0.1) is 17.1 Å². The molecule has 1 aromatic carbocycles. The molecule has 0 aliphatic rings. The molecule has 14 heavy (non-hydrogen) atoms. The van der Waals surface area contributed by atoms with E-state index in [0.717, 1.165) is 12.3 Å². The van der Waals surface area contributed by atoms with E-state index in [-0.39, 0.29) is 5.56 Å². The summed E-state index contributed by atoms with van der Waals surface area (Å²) in [6, 6.07) is 5.54. The highest BCUT2D eigenvalue weighted by Crippen LogP contribution is 2.07. The van der Waals surface area contributed by atoms with Gasteiger partial charge in [0.1, 0.15) is 11.9 Å². The SMILES string of the molecule is N#Cc1cc(C=NO)ccc1F.NO. The normalized spacial score (nSPS) is 9.00. The minimum Gasteiger partial charge on any atom is -0.411 e. The Bertz CT molecular complexity index is 360. The summed E-state index contributed by atoms with van der Waals surface area (Å²) in [5.41, 5.74) is 0.419. The fourth-order valence-corrected chi connectivity index (χ4v) is 0.776. The molecule has 0 spiro atoms. The minimum absolute atomic E-state index is 0.0626. The molecule has 1 aromatic rings. The third-order valence-corrected chi connectivity index (χ3v) is 1.32. The van der Waals surface area contributed by atoms with E-state index in [0.29, 0.717) is 5.56 Å². The number of nitriles is 1. The van der Waals surface area contributed by atoms with Crippen molar-refractivity contribution in [3.8, 4) is 6.07 Å². The molecule has 4 N–H and O–H groups in total. The van der Waals surface area contributed by atoms with Crippen molar-refractivity contribution in [3.63, 3.8) is 0 Å². The quantitative estimate of drug-likeness (QED) is 0.352. The van der Waals surface area contributed by atoms with Gasteiger partial charge in [0.15, 0.2) is 0 Å². The van der Waals surface area contributed by atoms with Gasteiger partial charge in [-0.15, -0.1) is 0 Å². The molecular weight excluding hydrogens is 189 g/mol. The first-order valence-electron chi connectivity index (χ1n) is 3.41. The summed E-state index contributed by atoms with van der Waals surface area (Å²) in [6.45, 7) is 0. The summed E-state index contributed by atoms with van der Waals surface area (Å²) >= 11 is 0. The van der Waals surface area contributed by atoms with Gasteiger partial charge in [0.2, 0.25) is 0 Å². The molecular formula is C8H8FN3O2. The van der Waals surface area contributed by atoms with Gasteiger partial charge in [-0.1, -0.05) is 11.2 Å². The van der Waals surface area contributed by atoms with Crippen LogP contribution in [-0.2, 0) is 0 Å². The Hall–Kier alpha value is -1.97. The molecule has 0 saturated heterocycles. The number of halogens is 1. The van der Waals surface area contributed by atoms with E-state index >= 15 is 0 Å². The number of hydrogen-bond donors (Lipinski definition) is 3. The Kier molecular flexibility index (Phi) is 5.62. The summed E-state index contributed by atoms with van der Waals surface area (Å²) < 4.78 is 12.7. The van der Waals surface area contributed by atoms with E-state index < -0.39 is 5.82 Å². The lowest BCUT2D eigenvalue weighted by atomic mass is 10.1. The average Bonchev–Trinajstić information content (AvgIpc) is 2.24. The monoisotopic (exact) mass is 197 g/mol. The summed E-state index contributed by atoms with van der Waals surface area (Å²) in [6.07, 6.45) is 1.13. The number of hydrogen-bond acceptors (Lipinski definition) is 5. The Morgan fingerprint density at radius 3 is 2.64 bits per heavy atom. The zero-order valence-corrected chi connectivity index (χ0v) is 7.05. The Morgan fingerprint density at radius 2 is 2.14 bits per heavy atom. The van der Waals surface area contributed by atoms with Crippen molar-refractivity contribution >= 4 is 6.21 Å². The van der Waals surface area contributed by atoms with Crippen LogP contribution in [0.15, 0.2) is 23.4 Å². The fraction of sp³-hybridized carbons (Fsp3) is 0. The molecule has 0 unspecified atom stereocenters. The second-order valence-corrected chi connectivity index (χ2v) is 2.10. The lowest BCUT2D eigenvalue weighted by molar-refractivity contribution is 0.311. The van der Waals surface area contributed by atoms with Crippen LogP contribution in [0.25, 0.3) is 0 Å². The van der Waals surface area contributed by atoms with Crippen LogP contribution in [0.5, 0.6) is 0 Å². The fourth-order valence-electron chi connectivity index (χ4n) is 0.776. The van der Waals surface area contributed by atoms with E-state index in [9.17, 15) is 4.39 Å². The number of nitrogens with zero attached hydrogens (tertiary/aromatic N) is 2. The summed E-state index contributed by atoms with van der Waals surface area (Å²) in [7, 11) is 0. The first-order valence-corrected chi connectivity index (χ1v) is 3.41. The highest BCUT2D eigenvalue weighted by Gasteiger charge is 2.00. The van der Waals surface area contributed by atoms with E-state index in [4.69, 9.17) is 15.7 Å². The molecule has 0 amide bonds. The standard InChI is InChI=1S/C8H5FN2O.H3NO/c9-8-2-1-6(5-11-12)3-7(8)4-10;1-2/h1-3,5,12H;2H,1H2. The first-order chi connectivity index (χ1) is 6.77. The van der Waals surface area contributed by atoms with Crippen molar-refractivity contribution in [1.29, 1.82) is 5.26 Å². The lowest BCUT2D eigenvalue weighted by Crippen LogP contribution is -1.87. The van der Waals surface area contributed by atoms with Gasteiger partial charge in [-0.05, 0) is 17.7 Å². The zero-order chi connectivity index (χ0) is 11.0. The largest absolute Gasteiger partial charge is 0.411 e. The van der Waals surface area contributed by atoms with Gasteiger partial charge in [-0.3, -0.25) is 0 Å². The van der Waals surface area contributed by atoms with Crippen molar-refractivity contribution in [2.45, 2.75) is 0 Å². The molecule has 5 nitrogen and oxygen atoms in total. The zero-order valence-electron chi connectivity index (χ0n) is 7.05. The van der Waals surface area contributed by atoms with Crippen LogP contribution in [-0.4, -0.2) is 16.6 Å². The maximum atomic E-state index is 12.7. The molecule has 0 aromatic heterocycles. The molecule has 1 rings (SSSR count). The van der Waals surface area contributed by atoms with Crippen molar-refractivity contribution in [2.24, 2.45) is 11.1 Å². The van der Waals surface area contributed by atoms with Gasteiger partial charge >= 0.3 is 0 Å². The van der Waals surface area contributed by atoms with Crippen LogP contribution in [0.1, 0.15) is 11.1 Å². The Balaban J connectivity index is 0.000000791. The van der Waals surface area contributed by atoms with Crippen LogP contribution < -0.4 is 5.90 Å². The van der Waals surface area contributed by atoms with Crippen LogP contribution >= 0.6 is 0 Å². The molecule has 0 fully saturated rings. The van der Waals surface area contributed by atoms with Crippen LogP contribution in [0.4, 0.5) is 4.39 Å². The van der Waals surface area contributed by atoms with Gasteiger partial charge in [-0.2, -0.15) is 5.26 Å². The van der Waals surface area contributed by atoms with Gasteiger partial charge in [-0.25, -0.2) is 10.3 Å². The van der Waals surface area contributed by atoms with E-state index in [1.165, 1.54) is 12.1 Å². The van der Waals surface area contributed by atoms with Crippen molar-refractivity contribution in [3.05, 3.63) is 35.1 Å². The first kappa shape index (κ1) is 12.0. The molecule has 6 heteroatoms. The topological polar surface area (TPSA) is 103 Å².